The number of benzene rings is 2. The predicted octanol–water partition coefficient (Wildman–Crippen LogP) is 3.32. The van der Waals surface area contributed by atoms with Gasteiger partial charge in [-0.3, -0.25) is 10.2 Å². The molecular weight excluding hydrogens is 480 g/mol. The van der Waals surface area contributed by atoms with Crippen LogP contribution in [0, 0.1) is 34.3 Å². The van der Waals surface area contributed by atoms with Crippen molar-refractivity contribution in [3.8, 4) is 17.8 Å². The summed E-state index contributed by atoms with van der Waals surface area (Å²) >= 11 is 0. The van der Waals surface area contributed by atoms with Gasteiger partial charge in [0.15, 0.2) is 17.5 Å². The number of anilines is 1. The van der Waals surface area contributed by atoms with Crippen LogP contribution in [0.3, 0.4) is 0 Å². The average molecular weight is 506 g/mol. The first kappa shape index (κ1) is 25.8. The van der Waals surface area contributed by atoms with Crippen molar-refractivity contribution < 1.29 is 18.3 Å². The Morgan fingerprint density at radius 3 is 2.62 bits per heavy atom. The molecule has 2 atom stereocenters. The van der Waals surface area contributed by atoms with Gasteiger partial charge < -0.3 is 10.1 Å². The van der Waals surface area contributed by atoms with E-state index in [-0.39, 0.29) is 29.4 Å². The van der Waals surface area contributed by atoms with Crippen LogP contribution in [0.2, 0.25) is 0 Å². The minimum atomic E-state index is -0.952. The molecule has 37 heavy (non-hydrogen) atoms. The van der Waals surface area contributed by atoms with Gasteiger partial charge in [-0.05, 0) is 29.8 Å². The largest absolute Gasteiger partial charge is 0.383 e. The van der Waals surface area contributed by atoms with E-state index in [1.807, 2.05) is 18.2 Å². The number of nitrogens with one attached hydrogen (secondary N) is 2. The van der Waals surface area contributed by atoms with Crippen LogP contribution in [0.5, 0.6) is 0 Å². The van der Waals surface area contributed by atoms with Crippen molar-refractivity contribution >= 4 is 11.8 Å². The van der Waals surface area contributed by atoms with Crippen LogP contribution >= 0.6 is 0 Å². The van der Waals surface area contributed by atoms with E-state index in [1.54, 1.807) is 31.4 Å². The molecule has 9 nitrogen and oxygen atoms in total. The number of methoxy groups -OCH3 is 1. The molecule has 1 fully saturated rings. The van der Waals surface area contributed by atoms with Gasteiger partial charge in [-0.25, -0.2) is 18.3 Å². The second-order valence-corrected chi connectivity index (χ2v) is 8.60. The molecule has 0 bridgehead atoms. The van der Waals surface area contributed by atoms with Crippen molar-refractivity contribution in [2.75, 3.05) is 38.7 Å². The molecule has 1 aliphatic rings. The Kier molecular flexibility index (Phi) is 8.08. The smallest absolute Gasteiger partial charge is 0.320 e. The highest BCUT2D eigenvalue weighted by Gasteiger charge is 2.35. The lowest BCUT2D eigenvalue weighted by Crippen LogP contribution is -2.42. The zero-order chi connectivity index (χ0) is 26.4. The van der Waals surface area contributed by atoms with Crippen LogP contribution in [-0.2, 0) is 11.2 Å². The highest BCUT2D eigenvalue weighted by molar-refractivity contribution is 5.90. The molecule has 1 aromatic heterocycles. The van der Waals surface area contributed by atoms with Crippen molar-refractivity contribution in [1.82, 2.24) is 20.0 Å². The normalized spacial score (nSPS) is 17.2. The Bertz CT molecular complexity index is 1350. The van der Waals surface area contributed by atoms with Crippen LogP contribution in [0.4, 0.5) is 19.4 Å². The number of nitrogens with zero attached hydrogens (tertiary/aromatic N) is 5. The van der Waals surface area contributed by atoms with Crippen molar-refractivity contribution in [1.29, 1.82) is 10.5 Å². The number of carbonyl (C=O) groups excluding carboxylic acids is 1. The molecule has 2 heterocycles. The van der Waals surface area contributed by atoms with E-state index in [0.717, 1.165) is 12.1 Å². The number of carbonyl (C=O) groups is 1. The molecule has 2 aromatic carbocycles. The first-order chi connectivity index (χ1) is 17.9. The average Bonchev–Trinajstić information content (AvgIpc) is 3.45. The Balaban J connectivity index is 1.60. The zero-order valence-corrected chi connectivity index (χ0v) is 20.1. The fraction of sp³-hybridized carbons (Fsp3) is 0.308. The number of amides is 2. The summed E-state index contributed by atoms with van der Waals surface area (Å²) in [6.45, 7) is 2.06. The number of para-hydroxylation sites is 1. The van der Waals surface area contributed by atoms with E-state index in [2.05, 4.69) is 20.6 Å². The summed E-state index contributed by atoms with van der Waals surface area (Å²) in [6, 6.07) is 15.7. The van der Waals surface area contributed by atoms with Gasteiger partial charge in [0.2, 0.25) is 0 Å². The van der Waals surface area contributed by atoms with Crippen LogP contribution in [0.15, 0.2) is 48.5 Å². The second-order valence-electron chi connectivity index (χ2n) is 8.60. The molecule has 2 N–H and O–H groups in total. The van der Waals surface area contributed by atoms with Crippen molar-refractivity contribution in [2.24, 2.45) is 0 Å². The van der Waals surface area contributed by atoms with Crippen LogP contribution < -0.4 is 10.6 Å². The number of halogens is 2. The fourth-order valence-electron chi connectivity index (χ4n) is 4.48. The molecule has 1 aliphatic heterocycles. The van der Waals surface area contributed by atoms with Gasteiger partial charge in [-0.2, -0.15) is 15.6 Å². The Hall–Kier alpha value is -4.32. The summed E-state index contributed by atoms with van der Waals surface area (Å²) < 4.78 is 34.1. The first-order valence-electron chi connectivity index (χ1n) is 11.6. The van der Waals surface area contributed by atoms with Crippen LogP contribution in [0.1, 0.15) is 22.7 Å². The van der Waals surface area contributed by atoms with E-state index in [1.165, 1.54) is 10.7 Å². The van der Waals surface area contributed by atoms with Gasteiger partial charge in [0.1, 0.15) is 11.6 Å². The lowest BCUT2D eigenvalue weighted by atomic mass is 9.94. The van der Waals surface area contributed by atoms with E-state index in [9.17, 15) is 24.1 Å². The fourth-order valence-corrected chi connectivity index (χ4v) is 4.48. The molecule has 2 amide bonds. The first-order valence-corrected chi connectivity index (χ1v) is 11.6. The third-order valence-corrected chi connectivity index (χ3v) is 6.24. The van der Waals surface area contributed by atoms with E-state index in [0.29, 0.717) is 37.5 Å². The maximum absolute atomic E-state index is 14.0. The summed E-state index contributed by atoms with van der Waals surface area (Å²) in [5, 5.41) is 29.0. The summed E-state index contributed by atoms with van der Waals surface area (Å²) in [5.41, 5.74) is 1.50. The summed E-state index contributed by atoms with van der Waals surface area (Å²) in [5.74, 6) is -2.06. The third-order valence-electron chi connectivity index (χ3n) is 6.24. The van der Waals surface area contributed by atoms with Gasteiger partial charge in [0, 0.05) is 32.7 Å². The Morgan fingerprint density at radius 2 is 1.95 bits per heavy atom. The van der Waals surface area contributed by atoms with Crippen molar-refractivity contribution in [2.45, 2.75) is 18.4 Å². The number of aromatic nitrogens is 2. The maximum atomic E-state index is 14.0. The second kappa shape index (κ2) is 11.6. The van der Waals surface area contributed by atoms with E-state index in [4.69, 9.17) is 4.74 Å². The van der Waals surface area contributed by atoms with Crippen LogP contribution in [0.25, 0.3) is 5.69 Å². The Morgan fingerprint density at radius 1 is 1.16 bits per heavy atom. The molecular formula is C26H25F2N7O2. The molecule has 0 radical (unpaired) electrons. The zero-order valence-electron chi connectivity index (χ0n) is 20.1. The predicted molar refractivity (Wildman–Crippen MR) is 131 cm³/mol. The van der Waals surface area contributed by atoms with Crippen molar-refractivity contribution in [3.63, 3.8) is 0 Å². The summed E-state index contributed by atoms with van der Waals surface area (Å²) in [7, 11) is 1.59. The quantitative estimate of drug-likeness (QED) is 0.485. The summed E-state index contributed by atoms with van der Waals surface area (Å²) in [4.78, 5) is 15.3. The highest BCUT2D eigenvalue weighted by Crippen LogP contribution is 2.29. The highest BCUT2D eigenvalue weighted by atomic mass is 19.2. The monoisotopic (exact) mass is 505 g/mol. The lowest BCUT2D eigenvalue weighted by Gasteiger charge is -2.21. The molecule has 0 spiro atoms. The van der Waals surface area contributed by atoms with Gasteiger partial charge in [-0.1, -0.05) is 24.3 Å². The number of likely N-dealkylation sites (tertiary alicyclic amines) is 1. The molecule has 11 heteroatoms. The number of hydrogen-bond acceptors (Lipinski definition) is 6. The number of rotatable bonds is 8. The maximum Gasteiger partial charge on any atom is 0.320 e. The Labute approximate surface area is 212 Å². The van der Waals surface area contributed by atoms with Gasteiger partial charge in [-0.15, -0.1) is 0 Å². The van der Waals surface area contributed by atoms with Gasteiger partial charge in [0.25, 0.3) is 0 Å². The molecule has 0 saturated carbocycles. The van der Waals surface area contributed by atoms with Gasteiger partial charge in [0.05, 0.1) is 36.5 Å². The number of ether oxygens (including phenoxy) is 1. The molecule has 190 valence electrons. The van der Waals surface area contributed by atoms with E-state index >= 15 is 0 Å². The van der Waals surface area contributed by atoms with Crippen molar-refractivity contribution in [3.05, 3.63) is 77.0 Å². The summed E-state index contributed by atoms with van der Waals surface area (Å²) in [6.07, 6.45) is -0.103. The van der Waals surface area contributed by atoms with Crippen LogP contribution in [-0.4, -0.2) is 60.1 Å². The minimum absolute atomic E-state index is 0.0888. The minimum Gasteiger partial charge on any atom is -0.383 e. The number of nitriles is 2. The topological polar surface area (TPSA) is 119 Å². The lowest BCUT2D eigenvalue weighted by molar-refractivity contribution is 0.159. The van der Waals surface area contributed by atoms with Gasteiger partial charge >= 0.3 is 6.03 Å². The molecule has 4 rings (SSSR count). The molecule has 0 aliphatic carbocycles. The standard InChI is InChI=1S/C26H25F2N7O2/c1-37-12-11-34-15-20(17-7-8-21(27)22(28)13-17)24(16-34)31-26(36)32-25-19(14-30)23(9-10-29)33-35(25)18-5-3-2-4-6-18/h2-8,13,20,24H,9,11-12,15-16H2,1H3,(H2,31,32,36)/t20-,24+/m0/s1. The molecule has 1 saturated heterocycles. The third kappa shape index (κ3) is 5.75. The molecule has 0 unspecified atom stereocenters. The molecule has 3 aromatic rings. The number of urea groups is 1. The SMILES string of the molecule is COCCN1C[C@@H](NC(=O)Nc2c(C#N)c(CC#N)nn2-c2ccccc2)[C@H](c2ccc(F)c(F)c2)C1. The number of hydrogen-bond donors (Lipinski definition) is 2. The van der Waals surface area contributed by atoms with E-state index < -0.39 is 23.7 Å².